The van der Waals surface area contributed by atoms with E-state index in [1.807, 2.05) is 28.8 Å². The Hall–Kier alpha value is -3.25. The van der Waals surface area contributed by atoms with Gasteiger partial charge >= 0.3 is 0 Å². The third kappa shape index (κ3) is 3.01. The summed E-state index contributed by atoms with van der Waals surface area (Å²) < 4.78 is 35.4. The van der Waals surface area contributed by atoms with Crippen molar-refractivity contribution in [2.75, 3.05) is 7.11 Å². The van der Waals surface area contributed by atoms with Gasteiger partial charge in [0.15, 0.2) is 11.6 Å². The normalized spacial score (nSPS) is 12.3. The van der Waals surface area contributed by atoms with Crippen LogP contribution in [0.15, 0.2) is 60.9 Å². The second-order valence-electron chi connectivity index (χ2n) is 6.53. The van der Waals surface area contributed by atoms with Crippen LogP contribution in [-0.2, 0) is 0 Å². The smallest absolute Gasteiger partial charge is 0.170 e. The predicted molar refractivity (Wildman–Crippen MR) is 104 cm³/mol. The molecule has 0 saturated carbocycles. The van der Waals surface area contributed by atoms with Gasteiger partial charge in [-0.1, -0.05) is 18.2 Å². The van der Waals surface area contributed by atoms with Gasteiger partial charge in [-0.05, 0) is 54.4 Å². The lowest BCUT2D eigenvalue weighted by molar-refractivity contribution is 0.199. The van der Waals surface area contributed by atoms with Gasteiger partial charge in [0.05, 0.1) is 29.8 Å². The molecule has 0 saturated heterocycles. The highest BCUT2D eigenvalue weighted by Gasteiger charge is 2.17. The molecule has 4 rings (SSSR count). The molecule has 1 heterocycles. The van der Waals surface area contributed by atoms with Crippen molar-refractivity contribution in [1.82, 2.24) is 9.55 Å². The molecule has 0 aliphatic heterocycles. The number of aliphatic hydroxyl groups excluding tert-OH is 1. The number of hydrogen-bond donors (Lipinski definition) is 1. The van der Waals surface area contributed by atoms with Gasteiger partial charge in [0.2, 0.25) is 0 Å². The molecule has 0 aliphatic rings. The Bertz CT molecular complexity index is 1170. The summed E-state index contributed by atoms with van der Waals surface area (Å²) in [6.45, 7) is 1.70. The van der Waals surface area contributed by atoms with E-state index in [2.05, 4.69) is 4.98 Å². The molecular formula is C22H18F2N2O2. The van der Waals surface area contributed by atoms with E-state index in [4.69, 9.17) is 4.74 Å². The molecule has 4 nitrogen and oxygen atoms in total. The standard InChI is InChI=1S/C22H18F2N2O2/c1-13(27)14-6-8-19-18(11-14)25-12-26(19)16-5-3-4-15(10-16)21-20(28-2)9-7-17(23)22(21)24/h3-13,27H,1-2H3/t13-/m1/s1. The van der Waals surface area contributed by atoms with E-state index >= 15 is 0 Å². The maximum Gasteiger partial charge on any atom is 0.170 e. The summed E-state index contributed by atoms with van der Waals surface area (Å²) in [7, 11) is 1.42. The molecule has 1 atom stereocenters. The third-order valence-electron chi connectivity index (χ3n) is 4.74. The van der Waals surface area contributed by atoms with Gasteiger partial charge in [-0.25, -0.2) is 13.8 Å². The van der Waals surface area contributed by atoms with Crippen LogP contribution >= 0.6 is 0 Å². The number of fused-ring (bicyclic) bond motifs is 1. The molecule has 4 aromatic rings. The van der Waals surface area contributed by atoms with E-state index in [0.717, 1.165) is 28.4 Å². The number of imidazole rings is 1. The summed E-state index contributed by atoms with van der Waals surface area (Å²) in [6.07, 6.45) is 1.08. The number of ether oxygens (including phenoxy) is 1. The minimum Gasteiger partial charge on any atom is -0.496 e. The van der Waals surface area contributed by atoms with Gasteiger partial charge < -0.3 is 9.84 Å². The van der Waals surface area contributed by atoms with Crippen LogP contribution in [0.3, 0.4) is 0 Å². The molecule has 0 spiro atoms. The number of aliphatic hydroxyl groups is 1. The van der Waals surface area contributed by atoms with Gasteiger partial charge in [-0.15, -0.1) is 0 Å². The predicted octanol–water partition coefficient (Wildman–Crippen LogP) is 5.03. The number of methoxy groups -OCH3 is 1. The molecule has 0 amide bonds. The van der Waals surface area contributed by atoms with Crippen molar-refractivity contribution < 1.29 is 18.6 Å². The molecule has 0 fully saturated rings. The number of nitrogens with zero attached hydrogens (tertiary/aromatic N) is 2. The van der Waals surface area contributed by atoms with Crippen molar-refractivity contribution in [1.29, 1.82) is 0 Å². The highest BCUT2D eigenvalue weighted by Crippen LogP contribution is 2.35. The van der Waals surface area contributed by atoms with Gasteiger partial charge in [0, 0.05) is 5.69 Å². The highest BCUT2D eigenvalue weighted by molar-refractivity contribution is 5.79. The van der Waals surface area contributed by atoms with Crippen LogP contribution in [0.25, 0.3) is 27.8 Å². The van der Waals surface area contributed by atoms with Crippen LogP contribution in [0, 0.1) is 11.6 Å². The van der Waals surface area contributed by atoms with Crippen molar-refractivity contribution >= 4 is 11.0 Å². The minimum atomic E-state index is -0.950. The summed E-state index contributed by atoms with van der Waals surface area (Å²) >= 11 is 0. The van der Waals surface area contributed by atoms with E-state index in [-0.39, 0.29) is 11.3 Å². The zero-order valence-electron chi connectivity index (χ0n) is 15.4. The maximum atomic E-state index is 14.5. The lowest BCUT2D eigenvalue weighted by atomic mass is 10.0. The average molecular weight is 380 g/mol. The molecule has 142 valence electrons. The molecular weight excluding hydrogens is 362 g/mol. The molecule has 0 bridgehead atoms. The van der Waals surface area contributed by atoms with Crippen LogP contribution in [0.2, 0.25) is 0 Å². The van der Waals surface area contributed by atoms with Crippen LogP contribution in [0.1, 0.15) is 18.6 Å². The zero-order valence-corrected chi connectivity index (χ0v) is 15.4. The van der Waals surface area contributed by atoms with E-state index in [0.29, 0.717) is 5.56 Å². The number of halogens is 2. The Labute approximate surface area is 160 Å². The van der Waals surface area contributed by atoms with Crippen LogP contribution < -0.4 is 4.74 Å². The fraction of sp³-hybridized carbons (Fsp3) is 0.136. The summed E-state index contributed by atoms with van der Waals surface area (Å²) in [5.41, 5.74) is 3.67. The minimum absolute atomic E-state index is 0.0742. The lowest BCUT2D eigenvalue weighted by Crippen LogP contribution is -1.97. The van der Waals surface area contributed by atoms with Crippen molar-refractivity contribution in [3.63, 3.8) is 0 Å². The largest absolute Gasteiger partial charge is 0.496 e. The summed E-state index contributed by atoms with van der Waals surface area (Å²) in [4.78, 5) is 4.40. The van der Waals surface area contributed by atoms with E-state index in [1.54, 1.807) is 31.5 Å². The first-order valence-electron chi connectivity index (χ1n) is 8.77. The zero-order chi connectivity index (χ0) is 19.8. The van der Waals surface area contributed by atoms with E-state index in [9.17, 15) is 13.9 Å². The Morgan fingerprint density at radius 2 is 1.89 bits per heavy atom. The summed E-state index contributed by atoms with van der Waals surface area (Å²) in [5, 5.41) is 9.75. The first kappa shape index (κ1) is 18.1. The Morgan fingerprint density at radius 3 is 2.64 bits per heavy atom. The number of benzene rings is 3. The third-order valence-corrected chi connectivity index (χ3v) is 4.74. The first-order valence-corrected chi connectivity index (χ1v) is 8.77. The molecule has 1 aromatic heterocycles. The fourth-order valence-corrected chi connectivity index (χ4v) is 3.28. The van der Waals surface area contributed by atoms with Gasteiger partial charge in [-0.2, -0.15) is 0 Å². The quantitative estimate of drug-likeness (QED) is 0.540. The van der Waals surface area contributed by atoms with Gasteiger partial charge in [0.25, 0.3) is 0 Å². The average Bonchev–Trinajstić information content (AvgIpc) is 3.13. The second kappa shape index (κ2) is 7.05. The van der Waals surface area contributed by atoms with Crippen molar-refractivity contribution in [3.05, 3.63) is 78.1 Å². The molecule has 28 heavy (non-hydrogen) atoms. The van der Waals surface area contributed by atoms with Crippen molar-refractivity contribution in [3.8, 4) is 22.6 Å². The van der Waals surface area contributed by atoms with Crippen LogP contribution in [0.4, 0.5) is 8.78 Å². The van der Waals surface area contributed by atoms with Crippen molar-refractivity contribution in [2.45, 2.75) is 13.0 Å². The number of hydrogen-bond acceptors (Lipinski definition) is 3. The fourth-order valence-electron chi connectivity index (χ4n) is 3.28. The van der Waals surface area contributed by atoms with E-state index in [1.165, 1.54) is 13.2 Å². The number of aromatic nitrogens is 2. The number of rotatable bonds is 4. The lowest BCUT2D eigenvalue weighted by Gasteiger charge is -2.12. The molecule has 3 aromatic carbocycles. The van der Waals surface area contributed by atoms with Crippen LogP contribution in [0.5, 0.6) is 5.75 Å². The Balaban J connectivity index is 1.85. The van der Waals surface area contributed by atoms with Gasteiger partial charge in [0.1, 0.15) is 12.1 Å². The molecule has 0 aliphatic carbocycles. The van der Waals surface area contributed by atoms with Crippen LogP contribution in [-0.4, -0.2) is 21.8 Å². The first-order chi connectivity index (χ1) is 13.5. The van der Waals surface area contributed by atoms with E-state index < -0.39 is 17.7 Å². The Kier molecular flexibility index (Phi) is 4.57. The Morgan fingerprint density at radius 1 is 1.07 bits per heavy atom. The summed E-state index contributed by atoms with van der Waals surface area (Å²) in [6, 6.07) is 15.1. The monoisotopic (exact) mass is 380 g/mol. The molecule has 1 N–H and O–H groups in total. The van der Waals surface area contributed by atoms with Gasteiger partial charge in [-0.3, -0.25) is 4.57 Å². The molecule has 0 unspecified atom stereocenters. The van der Waals surface area contributed by atoms with Crippen molar-refractivity contribution in [2.24, 2.45) is 0 Å². The molecule has 6 heteroatoms. The molecule has 0 radical (unpaired) electrons. The maximum absolute atomic E-state index is 14.5. The topological polar surface area (TPSA) is 47.3 Å². The highest BCUT2D eigenvalue weighted by atomic mass is 19.2. The second-order valence-corrected chi connectivity index (χ2v) is 6.53. The summed E-state index contributed by atoms with van der Waals surface area (Å²) in [5.74, 6) is -1.62. The SMILES string of the molecule is COc1ccc(F)c(F)c1-c1cccc(-n2cnc3cc([C@@H](C)O)ccc32)c1.